The van der Waals surface area contributed by atoms with Crippen molar-refractivity contribution in [1.29, 1.82) is 0 Å². The standard InChI is InChI=1S/C25H42O4/c1-23-12-11-21-19(20(23)10-8-17(23)5-4-6-22(26)27)9-7-18-15-25(28,16-29-3)14-13-24(18,21)2/h17-21,28H,4-16H2,1-3H3,(H,26,27)/t17-,18-,19?,20?,21?,23+,24-,25-/m0/s1. The molecule has 0 aromatic carbocycles. The Morgan fingerprint density at radius 1 is 1.00 bits per heavy atom. The monoisotopic (exact) mass is 406 g/mol. The van der Waals surface area contributed by atoms with Crippen molar-refractivity contribution in [2.45, 2.75) is 96.5 Å². The van der Waals surface area contributed by atoms with E-state index in [-0.39, 0.29) is 0 Å². The Balaban J connectivity index is 1.46. The number of methoxy groups -OCH3 is 1. The van der Waals surface area contributed by atoms with Crippen LogP contribution in [0.25, 0.3) is 0 Å². The summed E-state index contributed by atoms with van der Waals surface area (Å²) >= 11 is 0. The van der Waals surface area contributed by atoms with Gasteiger partial charge in [-0.1, -0.05) is 13.8 Å². The predicted molar refractivity (Wildman–Crippen MR) is 114 cm³/mol. The van der Waals surface area contributed by atoms with E-state index in [0.29, 0.717) is 29.8 Å². The summed E-state index contributed by atoms with van der Waals surface area (Å²) in [7, 11) is 1.71. The van der Waals surface area contributed by atoms with Gasteiger partial charge in [0.25, 0.3) is 0 Å². The van der Waals surface area contributed by atoms with Crippen LogP contribution in [0.2, 0.25) is 0 Å². The van der Waals surface area contributed by atoms with Crippen LogP contribution in [-0.2, 0) is 9.53 Å². The molecule has 0 aliphatic heterocycles. The molecule has 0 bridgehead atoms. The first-order chi connectivity index (χ1) is 13.7. The van der Waals surface area contributed by atoms with E-state index >= 15 is 0 Å². The zero-order valence-corrected chi connectivity index (χ0v) is 18.8. The van der Waals surface area contributed by atoms with Crippen molar-refractivity contribution < 1.29 is 19.7 Å². The van der Waals surface area contributed by atoms with Crippen LogP contribution < -0.4 is 0 Å². The van der Waals surface area contributed by atoms with Crippen LogP contribution in [0.4, 0.5) is 0 Å². The SMILES string of the molecule is COC[C@]1(O)CC[C@]2(C)C3CC[C@@]4(C)C(CC[C@@H]4CCCC(=O)O)C3CC[C@H]2C1. The lowest BCUT2D eigenvalue weighted by Crippen LogP contribution is -2.56. The molecule has 0 heterocycles. The van der Waals surface area contributed by atoms with Crippen molar-refractivity contribution in [2.75, 3.05) is 13.7 Å². The van der Waals surface area contributed by atoms with E-state index in [9.17, 15) is 9.90 Å². The molecule has 29 heavy (non-hydrogen) atoms. The highest BCUT2D eigenvalue weighted by Crippen LogP contribution is 2.68. The van der Waals surface area contributed by atoms with Crippen LogP contribution in [0.15, 0.2) is 0 Å². The van der Waals surface area contributed by atoms with E-state index in [1.165, 1.54) is 38.5 Å². The van der Waals surface area contributed by atoms with Crippen LogP contribution in [0.1, 0.15) is 90.9 Å². The Morgan fingerprint density at radius 2 is 1.76 bits per heavy atom. The summed E-state index contributed by atoms with van der Waals surface area (Å²) in [5, 5.41) is 20.0. The zero-order valence-electron chi connectivity index (χ0n) is 18.8. The molecule has 0 spiro atoms. The minimum Gasteiger partial charge on any atom is -0.481 e. The van der Waals surface area contributed by atoms with Gasteiger partial charge in [-0.05, 0) is 111 Å². The Morgan fingerprint density at radius 3 is 2.48 bits per heavy atom. The van der Waals surface area contributed by atoms with Gasteiger partial charge < -0.3 is 14.9 Å². The van der Waals surface area contributed by atoms with Gasteiger partial charge in [0.1, 0.15) is 0 Å². The highest BCUT2D eigenvalue weighted by atomic mass is 16.5. The molecular weight excluding hydrogens is 364 g/mol. The summed E-state index contributed by atoms with van der Waals surface area (Å²) in [6, 6.07) is 0. The topological polar surface area (TPSA) is 66.8 Å². The smallest absolute Gasteiger partial charge is 0.303 e. The van der Waals surface area contributed by atoms with Gasteiger partial charge in [-0.25, -0.2) is 0 Å². The first-order valence-electron chi connectivity index (χ1n) is 12.1. The van der Waals surface area contributed by atoms with Crippen LogP contribution in [0.5, 0.6) is 0 Å². The summed E-state index contributed by atoms with van der Waals surface area (Å²) in [4.78, 5) is 11.0. The number of fused-ring (bicyclic) bond motifs is 5. The second kappa shape index (κ2) is 7.82. The number of rotatable bonds is 6. The van der Waals surface area contributed by atoms with Gasteiger partial charge in [-0.15, -0.1) is 0 Å². The van der Waals surface area contributed by atoms with Crippen molar-refractivity contribution in [3.8, 4) is 0 Å². The first-order valence-corrected chi connectivity index (χ1v) is 12.1. The maximum atomic E-state index is 11.0. The minimum absolute atomic E-state index is 0.327. The van der Waals surface area contributed by atoms with E-state index in [0.717, 1.165) is 55.8 Å². The number of ether oxygens (including phenoxy) is 1. The van der Waals surface area contributed by atoms with E-state index < -0.39 is 11.6 Å². The maximum absolute atomic E-state index is 11.0. The molecule has 4 aliphatic carbocycles. The molecular formula is C25H42O4. The second-order valence-corrected chi connectivity index (χ2v) is 11.6. The van der Waals surface area contributed by atoms with Crippen molar-refractivity contribution >= 4 is 5.97 Å². The lowest BCUT2D eigenvalue weighted by molar-refractivity contribution is -0.162. The Kier molecular flexibility index (Phi) is 5.83. The summed E-state index contributed by atoms with van der Waals surface area (Å²) < 4.78 is 5.35. The fourth-order valence-corrected chi connectivity index (χ4v) is 8.80. The third kappa shape index (κ3) is 3.67. The number of aliphatic hydroxyl groups is 1. The quantitative estimate of drug-likeness (QED) is 0.630. The molecule has 8 atom stereocenters. The molecule has 4 nitrogen and oxygen atoms in total. The molecule has 2 N–H and O–H groups in total. The van der Waals surface area contributed by atoms with Gasteiger partial charge >= 0.3 is 5.97 Å². The first kappa shape index (κ1) is 21.6. The average molecular weight is 407 g/mol. The zero-order chi connectivity index (χ0) is 20.9. The molecule has 0 amide bonds. The molecule has 0 saturated heterocycles. The maximum Gasteiger partial charge on any atom is 0.303 e. The highest BCUT2D eigenvalue weighted by Gasteiger charge is 2.61. The number of carboxylic acids is 1. The van der Waals surface area contributed by atoms with Gasteiger partial charge in [-0.2, -0.15) is 0 Å². The fourth-order valence-electron chi connectivity index (χ4n) is 8.80. The Hall–Kier alpha value is -0.610. The van der Waals surface area contributed by atoms with E-state index in [4.69, 9.17) is 9.84 Å². The van der Waals surface area contributed by atoms with Crippen LogP contribution in [-0.4, -0.2) is 35.5 Å². The minimum atomic E-state index is -0.648. The van der Waals surface area contributed by atoms with Gasteiger partial charge in [0.15, 0.2) is 0 Å². The van der Waals surface area contributed by atoms with E-state index in [2.05, 4.69) is 13.8 Å². The molecule has 0 aromatic heterocycles. The number of carboxylic acid groups (broad SMARTS) is 1. The van der Waals surface area contributed by atoms with Gasteiger partial charge in [0.2, 0.25) is 0 Å². The van der Waals surface area contributed by atoms with Crippen molar-refractivity contribution in [2.24, 2.45) is 40.4 Å². The molecule has 4 fully saturated rings. The molecule has 0 aromatic rings. The van der Waals surface area contributed by atoms with Crippen molar-refractivity contribution in [3.05, 3.63) is 0 Å². The molecule has 0 radical (unpaired) electrons. The highest BCUT2D eigenvalue weighted by molar-refractivity contribution is 5.66. The average Bonchev–Trinajstić information content (AvgIpc) is 2.99. The molecule has 4 saturated carbocycles. The van der Waals surface area contributed by atoms with Gasteiger partial charge in [-0.3, -0.25) is 4.79 Å². The largest absolute Gasteiger partial charge is 0.481 e. The van der Waals surface area contributed by atoms with E-state index in [1.54, 1.807) is 7.11 Å². The molecule has 3 unspecified atom stereocenters. The van der Waals surface area contributed by atoms with E-state index in [1.807, 2.05) is 0 Å². The van der Waals surface area contributed by atoms with Crippen molar-refractivity contribution in [3.63, 3.8) is 0 Å². The predicted octanol–water partition coefficient (Wildman–Crippen LogP) is 5.28. The van der Waals surface area contributed by atoms with Crippen molar-refractivity contribution in [1.82, 2.24) is 0 Å². The molecule has 4 rings (SSSR count). The third-order valence-corrected chi connectivity index (χ3v) is 10.4. The summed E-state index contributed by atoms with van der Waals surface area (Å²) in [5.41, 5.74) is 0.192. The van der Waals surface area contributed by atoms with Gasteiger partial charge in [0, 0.05) is 13.5 Å². The molecule has 4 heteroatoms. The number of carbonyl (C=O) groups is 1. The molecule has 166 valence electrons. The van der Waals surface area contributed by atoms with Crippen LogP contribution in [0, 0.1) is 40.4 Å². The van der Waals surface area contributed by atoms with Crippen LogP contribution in [0.3, 0.4) is 0 Å². The Bertz CT molecular complexity index is 620. The lowest BCUT2D eigenvalue weighted by Gasteiger charge is -2.62. The normalized spacial score (nSPS) is 49.2. The molecule has 4 aliphatic rings. The summed E-state index contributed by atoms with van der Waals surface area (Å²) in [6.07, 6.45) is 13.1. The van der Waals surface area contributed by atoms with Crippen LogP contribution >= 0.6 is 0 Å². The number of aliphatic carboxylic acids is 1. The van der Waals surface area contributed by atoms with Gasteiger partial charge in [0.05, 0.1) is 12.2 Å². The summed E-state index contributed by atoms with van der Waals surface area (Å²) in [5.74, 6) is 3.18. The number of hydrogen-bond donors (Lipinski definition) is 2. The fraction of sp³-hybridized carbons (Fsp3) is 0.960. The second-order valence-electron chi connectivity index (χ2n) is 11.6. The lowest BCUT2D eigenvalue weighted by atomic mass is 9.44. The third-order valence-electron chi connectivity index (χ3n) is 10.4. The number of hydrogen-bond acceptors (Lipinski definition) is 3. The summed E-state index contributed by atoms with van der Waals surface area (Å²) in [6.45, 7) is 5.56. The Labute approximate surface area is 176 Å².